The fourth-order valence-corrected chi connectivity index (χ4v) is 5.45. The van der Waals surface area contributed by atoms with Gasteiger partial charge in [0, 0.05) is 11.3 Å². The van der Waals surface area contributed by atoms with E-state index in [1.165, 1.54) is 23.1 Å². The lowest BCUT2D eigenvalue weighted by molar-refractivity contribution is -0.113. The minimum Gasteiger partial charge on any atom is -0.345 e. The summed E-state index contributed by atoms with van der Waals surface area (Å²) in [5.41, 5.74) is 4.39. The molecule has 0 atom stereocenters. The summed E-state index contributed by atoms with van der Waals surface area (Å²) in [6.45, 7) is 4.14. The van der Waals surface area contributed by atoms with Gasteiger partial charge in [0.15, 0.2) is 16.1 Å². The minimum absolute atomic E-state index is 0.134. The Hall–Kier alpha value is -4.02. The van der Waals surface area contributed by atoms with Crippen molar-refractivity contribution in [2.45, 2.75) is 25.5 Å². The largest absolute Gasteiger partial charge is 0.345 e. The number of nitrogens with zero attached hydrogens (tertiary/aromatic N) is 4. The van der Waals surface area contributed by atoms with Gasteiger partial charge in [-0.1, -0.05) is 65.1 Å². The summed E-state index contributed by atoms with van der Waals surface area (Å²) in [6, 6.07) is 23.1. The van der Waals surface area contributed by atoms with Crippen LogP contribution < -0.4 is 10.6 Å². The number of carbonyl (C=O) groups excluding carboxylic acids is 2. The number of anilines is 1. The Bertz CT molecular complexity index is 1560. The van der Waals surface area contributed by atoms with Crippen LogP contribution in [-0.4, -0.2) is 37.3 Å². The fraction of sp³-hybridized carbons (Fsp3) is 0.148. The lowest BCUT2D eigenvalue weighted by Crippen LogP contribution is -2.24. The average Bonchev–Trinajstić information content (AvgIpc) is 3.49. The highest BCUT2D eigenvalue weighted by atomic mass is 32.2. The van der Waals surface area contributed by atoms with E-state index < -0.39 is 0 Å². The number of aryl methyl sites for hydroxylation is 2. The van der Waals surface area contributed by atoms with Crippen molar-refractivity contribution in [3.8, 4) is 5.69 Å². The van der Waals surface area contributed by atoms with Crippen molar-refractivity contribution >= 4 is 50.3 Å². The molecule has 0 radical (unpaired) electrons. The molecule has 0 spiro atoms. The zero-order valence-corrected chi connectivity index (χ0v) is 21.9. The van der Waals surface area contributed by atoms with E-state index >= 15 is 0 Å². The van der Waals surface area contributed by atoms with Crippen LogP contribution in [0.2, 0.25) is 0 Å². The SMILES string of the molecule is Cc1cccc(C(=O)NCc2nnc(SCC(=O)Nc3nc4ccccc4s3)n2-c2cccc(C)c2)c1. The standard InChI is InChI=1S/C27H24N6O2S2/c1-17-7-5-9-19(13-17)25(35)28-15-23-31-32-27(33(23)20-10-6-8-18(2)14-20)36-16-24(34)30-26-29-21-11-3-4-12-22(21)37-26/h3-14H,15-16H2,1-2H3,(H,28,35)(H,29,30,34). The third-order valence-electron chi connectivity index (χ3n) is 5.52. The molecule has 2 N–H and O–H groups in total. The molecule has 2 aromatic heterocycles. The number of hydrogen-bond acceptors (Lipinski definition) is 7. The second-order valence-corrected chi connectivity index (χ2v) is 10.4. The molecule has 0 bridgehead atoms. The Morgan fingerprint density at radius 3 is 2.51 bits per heavy atom. The van der Waals surface area contributed by atoms with Gasteiger partial charge in [-0.3, -0.25) is 14.2 Å². The molecule has 0 aliphatic heterocycles. The number of fused-ring (bicyclic) bond motifs is 1. The van der Waals surface area contributed by atoms with E-state index in [0.717, 1.165) is 27.0 Å². The average molecular weight is 529 g/mol. The van der Waals surface area contributed by atoms with E-state index in [4.69, 9.17) is 0 Å². The molecule has 5 aromatic rings. The smallest absolute Gasteiger partial charge is 0.251 e. The molecule has 37 heavy (non-hydrogen) atoms. The Balaban J connectivity index is 1.32. The van der Waals surface area contributed by atoms with Crippen molar-refractivity contribution in [1.82, 2.24) is 25.1 Å². The number of aromatic nitrogens is 4. The van der Waals surface area contributed by atoms with Crippen LogP contribution >= 0.6 is 23.1 Å². The van der Waals surface area contributed by atoms with Crippen LogP contribution in [0.3, 0.4) is 0 Å². The van der Waals surface area contributed by atoms with Crippen LogP contribution in [0, 0.1) is 13.8 Å². The number of hydrogen-bond donors (Lipinski definition) is 2. The highest BCUT2D eigenvalue weighted by molar-refractivity contribution is 7.99. The van der Waals surface area contributed by atoms with E-state index in [-0.39, 0.29) is 24.1 Å². The minimum atomic E-state index is -0.188. The fourth-order valence-electron chi connectivity index (χ4n) is 3.79. The summed E-state index contributed by atoms with van der Waals surface area (Å²) >= 11 is 2.71. The van der Waals surface area contributed by atoms with E-state index in [2.05, 4.69) is 25.8 Å². The number of nitrogens with one attached hydrogen (secondary N) is 2. The first-order valence-corrected chi connectivity index (χ1v) is 13.4. The van der Waals surface area contributed by atoms with Gasteiger partial charge in [-0.05, 0) is 55.8 Å². The predicted octanol–water partition coefficient (Wildman–Crippen LogP) is 5.15. The van der Waals surface area contributed by atoms with Crippen molar-refractivity contribution in [3.63, 3.8) is 0 Å². The number of para-hydroxylation sites is 1. The first kappa shape index (κ1) is 24.7. The van der Waals surface area contributed by atoms with Crippen LogP contribution in [0.15, 0.2) is 78.0 Å². The van der Waals surface area contributed by atoms with Crippen molar-refractivity contribution in [1.29, 1.82) is 0 Å². The summed E-state index contributed by atoms with van der Waals surface area (Å²) in [5.74, 6) is 0.333. The summed E-state index contributed by atoms with van der Waals surface area (Å²) in [6.07, 6.45) is 0. The maximum Gasteiger partial charge on any atom is 0.251 e. The number of thiazole rings is 1. The summed E-state index contributed by atoms with van der Waals surface area (Å²) in [4.78, 5) is 29.9. The zero-order chi connectivity index (χ0) is 25.8. The Kier molecular flexibility index (Phi) is 7.29. The molecule has 0 aliphatic carbocycles. The van der Waals surface area contributed by atoms with Crippen molar-refractivity contribution in [3.05, 3.63) is 95.3 Å². The van der Waals surface area contributed by atoms with Crippen LogP contribution in [0.1, 0.15) is 27.3 Å². The van der Waals surface area contributed by atoms with Crippen LogP contribution in [0.5, 0.6) is 0 Å². The first-order chi connectivity index (χ1) is 18.0. The maximum absolute atomic E-state index is 12.7. The molecule has 0 saturated heterocycles. The zero-order valence-electron chi connectivity index (χ0n) is 20.3. The molecule has 8 nitrogen and oxygen atoms in total. The normalized spacial score (nSPS) is 11.0. The van der Waals surface area contributed by atoms with Gasteiger partial charge < -0.3 is 10.6 Å². The van der Waals surface area contributed by atoms with Gasteiger partial charge in [-0.25, -0.2) is 4.98 Å². The first-order valence-electron chi connectivity index (χ1n) is 11.6. The molecule has 0 unspecified atom stereocenters. The van der Waals surface area contributed by atoms with Gasteiger partial charge in [-0.2, -0.15) is 0 Å². The maximum atomic E-state index is 12.7. The van der Waals surface area contributed by atoms with E-state index in [1.54, 1.807) is 6.07 Å². The van der Waals surface area contributed by atoms with E-state index in [1.807, 2.05) is 85.1 Å². The lowest BCUT2D eigenvalue weighted by atomic mass is 10.1. The number of benzene rings is 3. The second-order valence-electron chi connectivity index (χ2n) is 8.45. The van der Waals surface area contributed by atoms with Gasteiger partial charge in [0.25, 0.3) is 5.91 Å². The van der Waals surface area contributed by atoms with Gasteiger partial charge in [0.1, 0.15) is 0 Å². The molecule has 0 saturated carbocycles. The van der Waals surface area contributed by atoms with Crippen molar-refractivity contribution < 1.29 is 9.59 Å². The van der Waals surface area contributed by atoms with Crippen molar-refractivity contribution in [2.24, 2.45) is 0 Å². The highest BCUT2D eigenvalue weighted by Gasteiger charge is 2.18. The predicted molar refractivity (Wildman–Crippen MR) is 147 cm³/mol. The van der Waals surface area contributed by atoms with Crippen LogP contribution in [0.4, 0.5) is 5.13 Å². The Labute approximate surface area is 222 Å². The Morgan fingerprint density at radius 1 is 0.946 bits per heavy atom. The molecule has 2 heterocycles. The molecular formula is C27H24N6O2S2. The summed E-state index contributed by atoms with van der Waals surface area (Å²) in [7, 11) is 0. The topological polar surface area (TPSA) is 102 Å². The van der Waals surface area contributed by atoms with Gasteiger partial charge in [-0.15, -0.1) is 10.2 Å². The summed E-state index contributed by atoms with van der Waals surface area (Å²) < 4.78 is 2.89. The second kappa shape index (κ2) is 10.9. The lowest BCUT2D eigenvalue weighted by Gasteiger charge is -2.12. The highest BCUT2D eigenvalue weighted by Crippen LogP contribution is 2.27. The van der Waals surface area contributed by atoms with Crippen LogP contribution in [0.25, 0.3) is 15.9 Å². The molecular weight excluding hydrogens is 504 g/mol. The van der Waals surface area contributed by atoms with Crippen LogP contribution in [-0.2, 0) is 11.3 Å². The molecule has 5 rings (SSSR count). The number of carbonyl (C=O) groups is 2. The van der Waals surface area contributed by atoms with Gasteiger partial charge in [0.05, 0.1) is 22.5 Å². The molecule has 10 heteroatoms. The molecule has 186 valence electrons. The molecule has 2 amide bonds. The molecule has 3 aromatic carbocycles. The van der Waals surface area contributed by atoms with E-state index in [0.29, 0.717) is 21.7 Å². The molecule has 0 aliphatic rings. The van der Waals surface area contributed by atoms with Crippen molar-refractivity contribution in [2.75, 3.05) is 11.1 Å². The third kappa shape index (κ3) is 5.87. The van der Waals surface area contributed by atoms with E-state index in [9.17, 15) is 9.59 Å². The van der Waals surface area contributed by atoms with Gasteiger partial charge >= 0.3 is 0 Å². The molecule has 0 fully saturated rings. The number of amides is 2. The Morgan fingerprint density at radius 2 is 1.73 bits per heavy atom. The monoisotopic (exact) mass is 528 g/mol. The number of thioether (sulfide) groups is 1. The quantitative estimate of drug-likeness (QED) is 0.270. The third-order valence-corrected chi connectivity index (χ3v) is 7.40. The number of rotatable bonds is 8. The van der Waals surface area contributed by atoms with Gasteiger partial charge in [0.2, 0.25) is 5.91 Å². The summed E-state index contributed by atoms with van der Waals surface area (Å²) in [5, 5.41) is 15.6.